The number of carbonyl (C=O) groups excluding carboxylic acids is 2. The highest BCUT2D eigenvalue weighted by atomic mass is 16.5. The summed E-state index contributed by atoms with van der Waals surface area (Å²) in [7, 11) is 0. The van der Waals surface area contributed by atoms with Crippen molar-refractivity contribution in [3.63, 3.8) is 0 Å². The number of aromatic amines is 1. The Kier molecular flexibility index (Phi) is 4.08. The van der Waals surface area contributed by atoms with E-state index in [9.17, 15) is 9.59 Å². The van der Waals surface area contributed by atoms with Crippen LogP contribution >= 0.6 is 0 Å². The number of H-pyrrole nitrogens is 1. The number of aromatic nitrogens is 1. The van der Waals surface area contributed by atoms with Gasteiger partial charge in [-0.05, 0) is 49.1 Å². The van der Waals surface area contributed by atoms with Gasteiger partial charge in [0.2, 0.25) is 0 Å². The fourth-order valence-electron chi connectivity index (χ4n) is 5.12. The SMILES string of the molecule is O=C1COc2cc(C(=O)N3CCC4(CC3)OCCc3c4[nH]c4ccccc34)ccc2N1. The number of hydrogen-bond acceptors (Lipinski definition) is 4. The Morgan fingerprint density at radius 2 is 1.94 bits per heavy atom. The lowest BCUT2D eigenvalue weighted by atomic mass is 9.83. The third-order valence-electron chi connectivity index (χ3n) is 6.72. The highest BCUT2D eigenvalue weighted by Crippen LogP contribution is 2.43. The lowest BCUT2D eigenvalue weighted by Gasteiger charge is -2.43. The number of piperidine rings is 1. The summed E-state index contributed by atoms with van der Waals surface area (Å²) in [4.78, 5) is 30.1. The molecule has 7 nitrogen and oxygen atoms in total. The number of hydrogen-bond donors (Lipinski definition) is 2. The van der Waals surface area contributed by atoms with E-state index in [1.807, 2.05) is 11.0 Å². The van der Waals surface area contributed by atoms with Crippen LogP contribution in [0.1, 0.15) is 34.5 Å². The van der Waals surface area contributed by atoms with Crippen LogP contribution in [0.4, 0.5) is 5.69 Å². The van der Waals surface area contributed by atoms with Crippen molar-refractivity contribution in [1.82, 2.24) is 9.88 Å². The summed E-state index contributed by atoms with van der Waals surface area (Å²) in [6.07, 6.45) is 2.43. The number of amides is 2. The zero-order chi connectivity index (χ0) is 21.0. The van der Waals surface area contributed by atoms with Crippen LogP contribution in [-0.4, -0.2) is 48.0 Å². The molecule has 1 saturated heterocycles. The second-order valence-electron chi connectivity index (χ2n) is 8.46. The number of carbonyl (C=O) groups is 2. The van der Waals surface area contributed by atoms with Crippen molar-refractivity contribution in [1.29, 1.82) is 0 Å². The zero-order valence-electron chi connectivity index (χ0n) is 17.1. The van der Waals surface area contributed by atoms with Gasteiger partial charge < -0.3 is 24.7 Å². The summed E-state index contributed by atoms with van der Waals surface area (Å²) in [6, 6.07) is 13.6. The lowest BCUT2D eigenvalue weighted by molar-refractivity contribution is -0.118. The molecule has 1 spiro atoms. The van der Waals surface area contributed by atoms with Crippen LogP contribution in [0, 0.1) is 0 Å². The molecule has 1 fully saturated rings. The number of anilines is 1. The number of benzene rings is 2. The Labute approximate surface area is 179 Å². The molecule has 4 heterocycles. The standard InChI is InChI=1S/C24H23N3O4/c28-21-14-30-20-13-15(5-6-19(20)25-21)23(29)27-10-8-24(9-11-27)22-17(7-12-31-24)16-3-1-2-4-18(16)26-22/h1-6,13,26H,7-12,14H2,(H,25,28). The van der Waals surface area contributed by atoms with Gasteiger partial charge in [-0.1, -0.05) is 18.2 Å². The van der Waals surface area contributed by atoms with Gasteiger partial charge in [-0.3, -0.25) is 9.59 Å². The molecule has 3 aromatic rings. The molecule has 3 aliphatic heterocycles. The molecule has 2 amide bonds. The topological polar surface area (TPSA) is 83.7 Å². The Bertz CT molecular complexity index is 1210. The summed E-state index contributed by atoms with van der Waals surface area (Å²) in [5.41, 5.74) is 4.51. The second-order valence-corrected chi connectivity index (χ2v) is 8.46. The minimum absolute atomic E-state index is 0.0224. The van der Waals surface area contributed by atoms with Crippen LogP contribution in [-0.2, 0) is 21.6 Å². The molecule has 31 heavy (non-hydrogen) atoms. The molecule has 1 aromatic heterocycles. The van der Waals surface area contributed by atoms with E-state index in [1.165, 1.54) is 16.6 Å². The number of rotatable bonds is 1. The van der Waals surface area contributed by atoms with Gasteiger partial charge >= 0.3 is 0 Å². The van der Waals surface area contributed by atoms with E-state index in [0.29, 0.717) is 36.7 Å². The van der Waals surface area contributed by atoms with E-state index >= 15 is 0 Å². The van der Waals surface area contributed by atoms with Gasteiger partial charge in [0.25, 0.3) is 11.8 Å². The maximum atomic E-state index is 13.1. The van der Waals surface area contributed by atoms with Gasteiger partial charge in [-0.15, -0.1) is 0 Å². The normalized spacial score (nSPS) is 19.5. The third-order valence-corrected chi connectivity index (χ3v) is 6.72. The van der Waals surface area contributed by atoms with Crippen molar-refractivity contribution in [2.45, 2.75) is 24.9 Å². The molecule has 2 aromatic carbocycles. The predicted octanol–water partition coefficient (Wildman–Crippen LogP) is 3.20. The average Bonchev–Trinajstić information content (AvgIpc) is 3.19. The van der Waals surface area contributed by atoms with Crippen LogP contribution in [0.5, 0.6) is 5.75 Å². The van der Waals surface area contributed by atoms with Crippen LogP contribution in [0.15, 0.2) is 42.5 Å². The van der Waals surface area contributed by atoms with Gasteiger partial charge in [0, 0.05) is 29.6 Å². The molecule has 3 aliphatic rings. The van der Waals surface area contributed by atoms with Gasteiger partial charge in [0.1, 0.15) is 11.4 Å². The molecule has 158 valence electrons. The lowest BCUT2D eigenvalue weighted by Crippen LogP contribution is -2.48. The summed E-state index contributed by atoms with van der Waals surface area (Å²) in [5, 5.41) is 4.03. The van der Waals surface area contributed by atoms with Crippen molar-refractivity contribution < 1.29 is 19.1 Å². The van der Waals surface area contributed by atoms with Crippen LogP contribution in [0.3, 0.4) is 0 Å². The molecular weight excluding hydrogens is 394 g/mol. The predicted molar refractivity (Wildman–Crippen MR) is 115 cm³/mol. The van der Waals surface area contributed by atoms with E-state index in [-0.39, 0.29) is 24.0 Å². The number of nitrogens with one attached hydrogen (secondary N) is 2. The monoisotopic (exact) mass is 417 g/mol. The van der Waals surface area contributed by atoms with Crippen LogP contribution in [0.2, 0.25) is 0 Å². The van der Waals surface area contributed by atoms with E-state index in [2.05, 4.69) is 28.5 Å². The minimum atomic E-state index is -0.355. The first-order valence-electron chi connectivity index (χ1n) is 10.7. The first-order chi connectivity index (χ1) is 15.1. The Morgan fingerprint density at radius 3 is 2.81 bits per heavy atom. The average molecular weight is 417 g/mol. The van der Waals surface area contributed by atoms with Crippen molar-refractivity contribution >= 4 is 28.4 Å². The van der Waals surface area contributed by atoms with E-state index in [0.717, 1.165) is 24.8 Å². The number of para-hydroxylation sites is 1. The van der Waals surface area contributed by atoms with Crippen molar-refractivity contribution in [2.24, 2.45) is 0 Å². The van der Waals surface area contributed by atoms with Crippen molar-refractivity contribution in [3.05, 3.63) is 59.3 Å². The zero-order valence-corrected chi connectivity index (χ0v) is 17.1. The summed E-state index contributed by atoms with van der Waals surface area (Å²) in [5.74, 6) is 0.333. The number of likely N-dealkylation sites (tertiary alicyclic amines) is 1. The fraction of sp³-hybridized carbons (Fsp3) is 0.333. The molecule has 6 rings (SSSR count). The number of nitrogens with zero attached hydrogens (tertiary/aromatic N) is 1. The quantitative estimate of drug-likeness (QED) is 0.637. The first kappa shape index (κ1) is 18.4. The molecule has 2 N–H and O–H groups in total. The maximum absolute atomic E-state index is 13.1. The smallest absolute Gasteiger partial charge is 0.262 e. The number of ether oxygens (including phenoxy) is 2. The molecule has 0 aliphatic carbocycles. The Morgan fingerprint density at radius 1 is 1.10 bits per heavy atom. The van der Waals surface area contributed by atoms with Gasteiger partial charge in [0.15, 0.2) is 6.61 Å². The van der Waals surface area contributed by atoms with E-state index in [1.54, 1.807) is 18.2 Å². The largest absolute Gasteiger partial charge is 0.482 e. The maximum Gasteiger partial charge on any atom is 0.262 e. The molecular formula is C24H23N3O4. The molecule has 0 bridgehead atoms. The summed E-state index contributed by atoms with van der Waals surface area (Å²) >= 11 is 0. The van der Waals surface area contributed by atoms with E-state index < -0.39 is 0 Å². The van der Waals surface area contributed by atoms with Gasteiger partial charge in [-0.2, -0.15) is 0 Å². The summed E-state index contributed by atoms with van der Waals surface area (Å²) < 4.78 is 11.8. The van der Waals surface area contributed by atoms with Crippen LogP contribution in [0.25, 0.3) is 10.9 Å². The highest BCUT2D eigenvalue weighted by Gasteiger charge is 2.43. The van der Waals surface area contributed by atoms with Crippen molar-refractivity contribution in [2.75, 3.05) is 31.6 Å². The van der Waals surface area contributed by atoms with Crippen molar-refractivity contribution in [3.8, 4) is 5.75 Å². The van der Waals surface area contributed by atoms with Crippen LogP contribution < -0.4 is 10.1 Å². The molecule has 0 unspecified atom stereocenters. The third kappa shape index (κ3) is 2.91. The minimum Gasteiger partial charge on any atom is -0.482 e. The second kappa shape index (κ2) is 6.85. The molecule has 0 radical (unpaired) electrons. The van der Waals surface area contributed by atoms with E-state index in [4.69, 9.17) is 9.47 Å². The molecule has 0 atom stereocenters. The van der Waals surface area contributed by atoms with Gasteiger partial charge in [-0.25, -0.2) is 0 Å². The molecule has 7 heteroatoms. The molecule has 0 saturated carbocycles. The fourth-order valence-corrected chi connectivity index (χ4v) is 5.12. The van der Waals surface area contributed by atoms with Gasteiger partial charge in [0.05, 0.1) is 18.0 Å². The Balaban J connectivity index is 1.23. The number of fused-ring (bicyclic) bond motifs is 5. The first-order valence-corrected chi connectivity index (χ1v) is 10.7. The Hall–Kier alpha value is -3.32. The summed E-state index contributed by atoms with van der Waals surface area (Å²) in [6.45, 7) is 1.93. The highest BCUT2D eigenvalue weighted by molar-refractivity contribution is 5.99.